The van der Waals surface area contributed by atoms with Gasteiger partial charge in [0.15, 0.2) is 0 Å². The molecular weight excluding hydrogens is 234 g/mol. The minimum absolute atomic E-state index is 0.329. The van der Waals surface area contributed by atoms with Crippen LogP contribution in [0, 0.1) is 0 Å². The van der Waals surface area contributed by atoms with Crippen LogP contribution < -0.4 is 5.32 Å². The summed E-state index contributed by atoms with van der Waals surface area (Å²) in [4.78, 5) is 0. The third-order valence-electron chi connectivity index (χ3n) is 3.88. The molecule has 19 heavy (non-hydrogen) atoms. The lowest BCUT2D eigenvalue weighted by Gasteiger charge is -2.25. The molecule has 0 amide bonds. The first-order valence-electron chi connectivity index (χ1n) is 6.89. The van der Waals surface area contributed by atoms with Gasteiger partial charge in [-0.1, -0.05) is 36.4 Å². The normalized spacial score (nSPS) is 18.0. The number of hydrogen-bond donors (Lipinski definition) is 2. The van der Waals surface area contributed by atoms with Gasteiger partial charge in [0, 0.05) is 12.6 Å². The molecule has 3 rings (SSSR count). The van der Waals surface area contributed by atoms with Gasteiger partial charge in [-0.25, -0.2) is 0 Å². The van der Waals surface area contributed by atoms with Gasteiger partial charge in [0.25, 0.3) is 0 Å². The largest absolute Gasteiger partial charge is 0.508 e. The van der Waals surface area contributed by atoms with E-state index >= 15 is 0 Å². The highest BCUT2D eigenvalue weighted by atomic mass is 16.3. The van der Waals surface area contributed by atoms with Crippen molar-refractivity contribution in [2.75, 3.05) is 0 Å². The average Bonchev–Trinajstić information content (AvgIpc) is 2.46. The molecule has 0 fully saturated rings. The second kappa shape index (κ2) is 5.45. The van der Waals surface area contributed by atoms with E-state index in [0.717, 1.165) is 13.0 Å². The lowest BCUT2D eigenvalue weighted by molar-refractivity contribution is 0.456. The van der Waals surface area contributed by atoms with Crippen LogP contribution in [0.25, 0.3) is 0 Å². The van der Waals surface area contributed by atoms with Crippen molar-refractivity contribution in [1.29, 1.82) is 0 Å². The maximum atomic E-state index is 9.26. The van der Waals surface area contributed by atoms with Gasteiger partial charge < -0.3 is 10.4 Å². The molecule has 1 unspecified atom stereocenters. The maximum absolute atomic E-state index is 9.26. The Balaban J connectivity index is 1.59. The highest BCUT2D eigenvalue weighted by molar-refractivity contribution is 5.30. The van der Waals surface area contributed by atoms with Gasteiger partial charge in [-0.2, -0.15) is 0 Å². The topological polar surface area (TPSA) is 32.3 Å². The molecule has 0 saturated carbocycles. The van der Waals surface area contributed by atoms with Crippen LogP contribution in [0.15, 0.2) is 48.5 Å². The molecule has 1 aliphatic rings. The molecule has 2 aromatic rings. The Labute approximate surface area is 114 Å². The number of nitrogens with one attached hydrogen (secondary N) is 1. The zero-order valence-electron chi connectivity index (χ0n) is 11.0. The Morgan fingerprint density at radius 1 is 1.00 bits per heavy atom. The van der Waals surface area contributed by atoms with Crippen molar-refractivity contribution >= 4 is 0 Å². The van der Waals surface area contributed by atoms with E-state index in [4.69, 9.17) is 0 Å². The third kappa shape index (κ3) is 2.96. The number of fused-ring (bicyclic) bond motifs is 1. The Kier molecular flexibility index (Phi) is 3.51. The monoisotopic (exact) mass is 253 g/mol. The molecule has 0 bridgehead atoms. The van der Waals surface area contributed by atoms with Crippen LogP contribution in [0.4, 0.5) is 0 Å². The first-order valence-corrected chi connectivity index (χ1v) is 6.89. The first kappa shape index (κ1) is 12.2. The van der Waals surface area contributed by atoms with E-state index in [9.17, 15) is 5.11 Å². The van der Waals surface area contributed by atoms with E-state index in [1.165, 1.54) is 29.5 Å². The zero-order valence-corrected chi connectivity index (χ0v) is 11.0. The van der Waals surface area contributed by atoms with Crippen LogP contribution in [0.1, 0.15) is 23.1 Å². The minimum Gasteiger partial charge on any atom is -0.508 e. The number of benzene rings is 2. The van der Waals surface area contributed by atoms with Gasteiger partial charge in [-0.3, -0.25) is 0 Å². The number of hydrogen-bond acceptors (Lipinski definition) is 2. The average molecular weight is 253 g/mol. The summed E-state index contributed by atoms with van der Waals surface area (Å²) < 4.78 is 0. The van der Waals surface area contributed by atoms with Crippen molar-refractivity contribution < 1.29 is 5.11 Å². The molecule has 2 aromatic carbocycles. The number of aryl methyl sites for hydroxylation is 1. The highest BCUT2D eigenvalue weighted by Crippen LogP contribution is 2.21. The Morgan fingerprint density at radius 3 is 2.53 bits per heavy atom. The number of phenols is 1. The molecule has 0 saturated heterocycles. The quantitative estimate of drug-likeness (QED) is 0.881. The fraction of sp³-hybridized carbons (Fsp3) is 0.294. The molecule has 0 heterocycles. The van der Waals surface area contributed by atoms with Gasteiger partial charge in [0.1, 0.15) is 5.75 Å². The molecule has 0 aliphatic heterocycles. The predicted octanol–water partition coefficient (Wildman–Crippen LogP) is 3.04. The van der Waals surface area contributed by atoms with Crippen LogP contribution in [-0.4, -0.2) is 11.1 Å². The summed E-state index contributed by atoms with van der Waals surface area (Å²) in [6.45, 7) is 0.868. The van der Waals surface area contributed by atoms with Crippen molar-refractivity contribution in [3.8, 4) is 5.75 Å². The zero-order chi connectivity index (χ0) is 13.1. The molecule has 0 spiro atoms. The summed E-state index contributed by atoms with van der Waals surface area (Å²) in [5.74, 6) is 0.329. The van der Waals surface area contributed by atoms with Crippen LogP contribution >= 0.6 is 0 Å². The maximum Gasteiger partial charge on any atom is 0.115 e. The van der Waals surface area contributed by atoms with Crippen molar-refractivity contribution in [3.05, 3.63) is 65.2 Å². The summed E-state index contributed by atoms with van der Waals surface area (Å²) in [6, 6.07) is 16.7. The molecule has 1 aliphatic carbocycles. The van der Waals surface area contributed by atoms with E-state index in [0.29, 0.717) is 11.8 Å². The number of phenolic OH excluding ortho intramolecular Hbond substituents is 1. The van der Waals surface area contributed by atoms with E-state index in [1.54, 1.807) is 12.1 Å². The lowest BCUT2D eigenvalue weighted by atomic mass is 9.88. The molecule has 2 heteroatoms. The SMILES string of the molecule is Oc1ccc(CNC2CCc3ccccc3C2)cc1. The fourth-order valence-corrected chi connectivity index (χ4v) is 2.75. The van der Waals surface area contributed by atoms with Gasteiger partial charge in [-0.15, -0.1) is 0 Å². The van der Waals surface area contributed by atoms with Gasteiger partial charge in [0.2, 0.25) is 0 Å². The first-order chi connectivity index (χ1) is 9.31. The van der Waals surface area contributed by atoms with Crippen molar-refractivity contribution in [3.63, 3.8) is 0 Å². The van der Waals surface area contributed by atoms with Gasteiger partial charge >= 0.3 is 0 Å². The van der Waals surface area contributed by atoms with Crippen molar-refractivity contribution in [2.24, 2.45) is 0 Å². The smallest absolute Gasteiger partial charge is 0.115 e. The standard InChI is InChI=1S/C17H19NO/c19-17-9-5-13(6-10-17)12-18-16-8-7-14-3-1-2-4-15(14)11-16/h1-6,9-10,16,18-19H,7-8,11-12H2. The molecule has 2 N–H and O–H groups in total. The summed E-state index contributed by atoms with van der Waals surface area (Å²) in [6.07, 6.45) is 3.49. The molecule has 1 atom stereocenters. The molecular formula is C17H19NO. The highest BCUT2D eigenvalue weighted by Gasteiger charge is 2.17. The van der Waals surface area contributed by atoms with Crippen molar-refractivity contribution in [2.45, 2.75) is 31.8 Å². The van der Waals surface area contributed by atoms with E-state index in [2.05, 4.69) is 29.6 Å². The Bertz CT molecular complexity index is 547. The number of rotatable bonds is 3. The molecule has 0 radical (unpaired) electrons. The molecule has 98 valence electrons. The molecule has 0 aromatic heterocycles. The second-order valence-electron chi connectivity index (χ2n) is 5.26. The van der Waals surface area contributed by atoms with Crippen LogP contribution in [-0.2, 0) is 19.4 Å². The lowest BCUT2D eigenvalue weighted by Crippen LogP contribution is -2.34. The number of aromatic hydroxyl groups is 1. The van der Waals surface area contributed by atoms with E-state index in [-0.39, 0.29) is 0 Å². The Hall–Kier alpha value is -1.80. The van der Waals surface area contributed by atoms with Crippen LogP contribution in [0.3, 0.4) is 0 Å². The summed E-state index contributed by atoms with van der Waals surface area (Å²) in [5, 5.41) is 12.9. The second-order valence-corrected chi connectivity index (χ2v) is 5.26. The van der Waals surface area contributed by atoms with E-state index in [1.807, 2.05) is 12.1 Å². The fourth-order valence-electron chi connectivity index (χ4n) is 2.75. The Morgan fingerprint density at radius 2 is 1.74 bits per heavy atom. The minimum atomic E-state index is 0.329. The van der Waals surface area contributed by atoms with Gasteiger partial charge in [0.05, 0.1) is 0 Å². The van der Waals surface area contributed by atoms with E-state index < -0.39 is 0 Å². The van der Waals surface area contributed by atoms with Gasteiger partial charge in [-0.05, 0) is 48.1 Å². The molecule has 2 nitrogen and oxygen atoms in total. The van der Waals surface area contributed by atoms with Crippen LogP contribution in [0.2, 0.25) is 0 Å². The third-order valence-corrected chi connectivity index (χ3v) is 3.88. The summed E-state index contributed by atoms with van der Waals surface area (Å²) >= 11 is 0. The summed E-state index contributed by atoms with van der Waals surface area (Å²) in [7, 11) is 0. The van der Waals surface area contributed by atoms with Crippen LogP contribution in [0.5, 0.6) is 5.75 Å². The summed E-state index contributed by atoms with van der Waals surface area (Å²) in [5.41, 5.74) is 4.21. The predicted molar refractivity (Wildman–Crippen MR) is 77.2 cm³/mol. The van der Waals surface area contributed by atoms with Crippen molar-refractivity contribution in [1.82, 2.24) is 5.32 Å².